The normalized spacial score (nSPS) is 25.9. The Hall–Kier alpha value is -0.800. The summed E-state index contributed by atoms with van der Waals surface area (Å²) >= 11 is 0. The second kappa shape index (κ2) is 4.81. The van der Waals surface area contributed by atoms with Gasteiger partial charge in [-0.15, -0.1) is 0 Å². The second-order valence-electron chi connectivity index (χ2n) is 3.84. The highest BCUT2D eigenvalue weighted by Gasteiger charge is 2.41. The molecule has 1 aliphatic rings. The van der Waals surface area contributed by atoms with Crippen LogP contribution >= 0.6 is 0 Å². The molecule has 0 bridgehead atoms. The molecule has 0 saturated carbocycles. The Morgan fingerprint density at radius 3 is 2.73 bits per heavy atom. The van der Waals surface area contributed by atoms with Gasteiger partial charge in [-0.25, -0.2) is 0 Å². The molecule has 1 rings (SSSR count). The van der Waals surface area contributed by atoms with Crippen LogP contribution in [0.15, 0.2) is 0 Å². The van der Waals surface area contributed by atoms with Gasteiger partial charge >= 0.3 is 6.18 Å². The Kier molecular flexibility index (Phi) is 3.94. The molecule has 1 unspecified atom stereocenters. The van der Waals surface area contributed by atoms with E-state index in [-0.39, 0.29) is 12.6 Å². The topological polar surface area (TPSA) is 39.1 Å². The van der Waals surface area contributed by atoms with E-state index in [1.54, 1.807) is 4.90 Å². The van der Waals surface area contributed by atoms with E-state index >= 15 is 0 Å². The predicted octanol–water partition coefficient (Wildman–Crippen LogP) is 0.982. The molecular weight excluding hydrogens is 207 g/mol. The lowest BCUT2D eigenvalue weighted by Gasteiger charge is -2.33. The van der Waals surface area contributed by atoms with Crippen LogP contribution in [0.2, 0.25) is 0 Å². The quantitative estimate of drug-likeness (QED) is 0.755. The molecular formula is C9H14F3N3. The number of halogens is 3. The average molecular weight is 221 g/mol. The summed E-state index contributed by atoms with van der Waals surface area (Å²) in [7, 11) is 0. The summed E-state index contributed by atoms with van der Waals surface area (Å²) in [5.41, 5.74) is 0. The highest BCUT2D eigenvalue weighted by molar-refractivity contribution is 4.91. The van der Waals surface area contributed by atoms with Crippen LogP contribution in [0.1, 0.15) is 6.92 Å². The van der Waals surface area contributed by atoms with Gasteiger partial charge in [0.25, 0.3) is 0 Å². The fraction of sp³-hybridized carbons (Fsp3) is 0.889. The maximum absolute atomic E-state index is 12.3. The first-order valence-electron chi connectivity index (χ1n) is 4.85. The zero-order valence-corrected chi connectivity index (χ0v) is 8.51. The minimum absolute atomic E-state index is 0.186. The molecule has 0 aromatic carbocycles. The number of rotatable bonds is 2. The predicted molar refractivity (Wildman–Crippen MR) is 49.1 cm³/mol. The van der Waals surface area contributed by atoms with Crippen molar-refractivity contribution in [3.63, 3.8) is 0 Å². The Labute approximate surface area is 86.9 Å². The van der Waals surface area contributed by atoms with Crippen molar-refractivity contribution in [1.82, 2.24) is 10.2 Å². The third-order valence-electron chi connectivity index (χ3n) is 2.44. The first kappa shape index (κ1) is 12.3. The lowest BCUT2D eigenvalue weighted by molar-refractivity contribution is -0.163. The van der Waals surface area contributed by atoms with Crippen molar-refractivity contribution in [3.05, 3.63) is 0 Å². The van der Waals surface area contributed by atoms with Gasteiger partial charge in [0.1, 0.15) is 0 Å². The summed E-state index contributed by atoms with van der Waals surface area (Å²) in [5.74, 6) is -1.87. The zero-order valence-electron chi connectivity index (χ0n) is 8.51. The van der Waals surface area contributed by atoms with Crippen molar-refractivity contribution in [1.29, 1.82) is 5.26 Å². The summed E-state index contributed by atoms with van der Waals surface area (Å²) in [5, 5.41) is 11.6. The van der Waals surface area contributed by atoms with E-state index in [1.165, 1.54) is 6.07 Å². The summed E-state index contributed by atoms with van der Waals surface area (Å²) < 4.78 is 36.9. The van der Waals surface area contributed by atoms with E-state index in [9.17, 15) is 13.2 Å². The molecule has 0 radical (unpaired) electrons. The number of alkyl halides is 3. The molecule has 2 atom stereocenters. The van der Waals surface area contributed by atoms with Crippen molar-refractivity contribution in [2.75, 3.05) is 26.2 Å². The molecule has 0 aromatic rings. The number of hydrogen-bond acceptors (Lipinski definition) is 3. The lowest BCUT2D eigenvalue weighted by Crippen LogP contribution is -2.51. The second-order valence-corrected chi connectivity index (χ2v) is 3.84. The van der Waals surface area contributed by atoms with Crippen LogP contribution in [-0.4, -0.2) is 43.3 Å². The first-order chi connectivity index (χ1) is 6.93. The molecule has 86 valence electrons. The Morgan fingerprint density at radius 1 is 1.60 bits per heavy atom. The SMILES string of the molecule is C[C@@H]1CN(CC(C#N)C(F)(F)F)CCN1. The van der Waals surface area contributed by atoms with Crippen LogP contribution in [0.25, 0.3) is 0 Å². The van der Waals surface area contributed by atoms with Crippen molar-refractivity contribution < 1.29 is 13.2 Å². The molecule has 1 aliphatic heterocycles. The van der Waals surface area contributed by atoms with Gasteiger partial charge in [0, 0.05) is 32.2 Å². The molecule has 15 heavy (non-hydrogen) atoms. The first-order valence-corrected chi connectivity index (χ1v) is 4.85. The zero-order chi connectivity index (χ0) is 11.5. The van der Waals surface area contributed by atoms with Crippen molar-refractivity contribution in [3.8, 4) is 6.07 Å². The van der Waals surface area contributed by atoms with E-state index in [1.807, 2.05) is 6.92 Å². The van der Waals surface area contributed by atoms with Crippen LogP contribution in [-0.2, 0) is 0 Å². The number of piperazine rings is 1. The fourth-order valence-corrected chi connectivity index (χ4v) is 1.65. The van der Waals surface area contributed by atoms with Crippen LogP contribution in [0, 0.1) is 17.2 Å². The van der Waals surface area contributed by atoms with E-state index in [4.69, 9.17) is 5.26 Å². The Morgan fingerprint density at radius 2 is 2.27 bits per heavy atom. The number of nitrogens with zero attached hydrogens (tertiary/aromatic N) is 2. The third-order valence-corrected chi connectivity index (χ3v) is 2.44. The molecule has 0 amide bonds. The van der Waals surface area contributed by atoms with Gasteiger partial charge in [-0.2, -0.15) is 18.4 Å². The molecule has 1 saturated heterocycles. The summed E-state index contributed by atoms with van der Waals surface area (Å²) in [6, 6.07) is 1.50. The molecule has 0 aliphatic carbocycles. The fourth-order valence-electron chi connectivity index (χ4n) is 1.65. The largest absolute Gasteiger partial charge is 0.405 e. The summed E-state index contributed by atoms with van der Waals surface area (Å²) in [6.07, 6.45) is -4.41. The lowest BCUT2D eigenvalue weighted by atomic mass is 10.1. The molecule has 1 fully saturated rings. The minimum atomic E-state index is -4.41. The van der Waals surface area contributed by atoms with Gasteiger partial charge in [0.05, 0.1) is 6.07 Å². The molecule has 6 heteroatoms. The van der Waals surface area contributed by atoms with Gasteiger partial charge in [-0.3, -0.25) is 4.90 Å². The molecule has 3 nitrogen and oxygen atoms in total. The Balaban J connectivity index is 2.49. The van der Waals surface area contributed by atoms with Gasteiger partial charge in [0.15, 0.2) is 5.92 Å². The number of nitriles is 1. The highest BCUT2D eigenvalue weighted by Crippen LogP contribution is 2.26. The van der Waals surface area contributed by atoms with Crippen molar-refractivity contribution in [2.45, 2.75) is 19.1 Å². The van der Waals surface area contributed by atoms with Crippen LogP contribution in [0.3, 0.4) is 0 Å². The van der Waals surface area contributed by atoms with Gasteiger partial charge in [-0.05, 0) is 6.92 Å². The van der Waals surface area contributed by atoms with E-state index in [2.05, 4.69) is 5.32 Å². The smallest absolute Gasteiger partial charge is 0.312 e. The van der Waals surface area contributed by atoms with E-state index < -0.39 is 12.1 Å². The molecule has 0 aromatic heterocycles. The maximum Gasteiger partial charge on any atom is 0.405 e. The number of nitrogens with one attached hydrogen (secondary N) is 1. The van der Waals surface area contributed by atoms with Crippen LogP contribution in [0.5, 0.6) is 0 Å². The molecule has 1 N–H and O–H groups in total. The van der Waals surface area contributed by atoms with Crippen molar-refractivity contribution >= 4 is 0 Å². The van der Waals surface area contributed by atoms with Gasteiger partial charge in [0.2, 0.25) is 0 Å². The summed E-state index contributed by atoms with van der Waals surface area (Å²) in [6.45, 7) is 3.51. The summed E-state index contributed by atoms with van der Waals surface area (Å²) in [4.78, 5) is 1.68. The Bertz CT molecular complexity index is 246. The number of hydrogen-bond donors (Lipinski definition) is 1. The highest BCUT2D eigenvalue weighted by atomic mass is 19.4. The van der Waals surface area contributed by atoms with Gasteiger partial charge in [-0.1, -0.05) is 0 Å². The molecule has 1 heterocycles. The standard InChI is InChI=1S/C9H14F3N3/c1-7-5-15(3-2-14-7)6-8(4-13)9(10,11)12/h7-8,14H,2-3,5-6H2,1H3/t7-,8?/m1/s1. The minimum Gasteiger partial charge on any atom is -0.312 e. The van der Waals surface area contributed by atoms with E-state index in [0.717, 1.165) is 0 Å². The maximum atomic E-state index is 12.3. The monoisotopic (exact) mass is 221 g/mol. The third kappa shape index (κ3) is 3.68. The average Bonchev–Trinajstić information content (AvgIpc) is 2.12. The van der Waals surface area contributed by atoms with Crippen molar-refractivity contribution in [2.24, 2.45) is 5.92 Å². The van der Waals surface area contributed by atoms with E-state index in [0.29, 0.717) is 19.6 Å². The van der Waals surface area contributed by atoms with Crippen LogP contribution in [0.4, 0.5) is 13.2 Å². The molecule has 0 spiro atoms. The van der Waals surface area contributed by atoms with Gasteiger partial charge < -0.3 is 5.32 Å². The van der Waals surface area contributed by atoms with Crippen LogP contribution < -0.4 is 5.32 Å².